The summed E-state index contributed by atoms with van der Waals surface area (Å²) in [5.41, 5.74) is 2.46. The molecule has 2 aromatic heterocycles. The summed E-state index contributed by atoms with van der Waals surface area (Å²) in [4.78, 5) is 21.6. The van der Waals surface area contributed by atoms with Gasteiger partial charge in [-0.1, -0.05) is 38.1 Å². The third-order valence-corrected chi connectivity index (χ3v) is 6.87. The zero-order valence-corrected chi connectivity index (χ0v) is 23.6. The monoisotopic (exact) mass is 547 g/mol. The van der Waals surface area contributed by atoms with E-state index in [9.17, 15) is 13.2 Å². The molecule has 0 aliphatic rings. The van der Waals surface area contributed by atoms with Crippen LogP contribution in [-0.2, 0) is 19.6 Å². The van der Waals surface area contributed by atoms with Gasteiger partial charge in [-0.05, 0) is 69.9 Å². The molecule has 10 heteroatoms. The number of hydrogen-bond donors (Lipinski definition) is 2. The number of alkyl halides is 3. The van der Waals surface area contributed by atoms with Crippen molar-refractivity contribution in [3.8, 4) is 0 Å². The van der Waals surface area contributed by atoms with Crippen molar-refractivity contribution in [1.29, 1.82) is 0 Å². The van der Waals surface area contributed by atoms with Crippen molar-refractivity contribution in [3.63, 3.8) is 0 Å². The molecule has 0 aliphatic carbocycles. The molecule has 0 radical (unpaired) electrons. The maximum absolute atomic E-state index is 12.8. The Hall–Kier alpha value is -2.69. The van der Waals surface area contributed by atoms with E-state index in [1.165, 1.54) is 16.0 Å². The van der Waals surface area contributed by atoms with Crippen LogP contribution in [-0.4, -0.2) is 73.5 Å². The Morgan fingerprint density at radius 2 is 1.36 bits per heavy atom. The lowest BCUT2D eigenvalue weighted by Crippen LogP contribution is -2.36. The normalized spacial score (nSPS) is 13.2. The number of nitrogens with zero attached hydrogens (tertiary/aromatic N) is 5. The summed E-state index contributed by atoms with van der Waals surface area (Å²) < 4.78 is 38.5. The van der Waals surface area contributed by atoms with Crippen molar-refractivity contribution < 1.29 is 13.2 Å². The fourth-order valence-electron chi connectivity index (χ4n) is 4.92. The molecule has 2 N–H and O–H groups in total. The van der Waals surface area contributed by atoms with Crippen LogP contribution >= 0.6 is 0 Å². The quantitative estimate of drug-likeness (QED) is 0.187. The summed E-state index contributed by atoms with van der Waals surface area (Å²) in [6, 6.07) is 8.83. The number of unbranched alkanes of at least 4 members (excludes halogenated alkanes) is 1. The first-order chi connectivity index (χ1) is 18.8. The molecule has 3 rings (SSSR count). The molecule has 1 aromatic carbocycles. The Bertz CT molecular complexity index is 1020. The van der Waals surface area contributed by atoms with Crippen molar-refractivity contribution >= 4 is 0 Å². The molecule has 216 valence electrons. The van der Waals surface area contributed by atoms with Crippen LogP contribution in [0.25, 0.3) is 0 Å². The van der Waals surface area contributed by atoms with Crippen LogP contribution in [0, 0.1) is 0 Å². The van der Waals surface area contributed by atoms with Gasteiger partial charge in [-0.2, -0.15) is 13.2 Å². The molecule has 0 bridgehead atoms. The van der Waals surface area contributed by atoms with Gasteiger partial charge < -0.3 is 9.97 Å². The summed E-state index contributed by atoms with van der Waals surface area (Å²) in [6.45, 7) is 10.5. The van der Waals surface area contributed by atoms with E-state index in [-0.39, 0.29) is 6.04 Å². The molecule has 2 heterocycles. The number of nitrogens with one attached hydrogen (secondary N) is 2. The molecule has 0 saturated heterocycles. The highest BCUT2D eigenvalue weighted by Gasteiger charge is 2.30. The molecular weight excluding hydrogens is 503 g/mol. The molecule has 39 heavy (non-hydrogen) atoms. The number of imidazole rings is 2. The van der Waals surface area contributed by atoms with Crippen LogP contribution in [0.3, 0.4) is 0 Å². The third-order valence-electron chi connectivity index (χ3n) is 6.87. The number of benzene rings is 1. The number of aromatic nitrogens is 4. The van der Waals surface area contributed by atoms with Crippen LogP contribution in [0.4, 0.5) is 13.2 Å². The topological polar surface area (TPSA) is 67.1 Å². The zero-order chi connectivity index (χ0) is 28.1. The van der Waals surface area contributed by atoms with Gasteiger partial charge in [0.2, 0.25) is 0 Å². The maximum Gasteiger partial charge on any atom is 0.401 e. The summed E-state index contributed by atoms with van der Waals surface area (Å²) in [7, 11) is 0. The van der Waals surface area contributed by atoms with Crippen LogP contribution in [0.5, 0.6) is 0 Å². The van der Waals surface area contributed by atoms with E-state index in [0.29, 0.717) is 19.6 Å². The third kappa shape index (κ3) is 11.1. The molecule has 0 saturated carbocycles. The highest BCUT2D eigenvalue weighted by Crippen LogP contribution is 2.22. The van der Waals surface area contributed by atoms with E-state index in [0.717, 1.165) is 63.5 Å². The summed E-state index contributed by atoms with van der Waals surface area (Å²) in [5, 5.41) is 0. The summed E-state index contributed by atoms with van der Waals surface area (Å²) in [6.07, 6.45) is 6.53. The average Bonchev–Trinajstić information content (AvgIpc) is 3.61. The van der Waals surface area contributed by atoms with E-state index in [2.05, 4.69) is 67.8 Å². The van der Waals surface area contributed by atoms with E-state index < -0.39 is 12.7 Å². The van der Waals surface area contributed by atoms with Crippen molar-refractivity contribution in [2.45, 2.75) is 78.3 Å². The molecular formula is C29H44F3N7. The first-order valence-corrected chi connectivity index (χ1v) is 14.1. The Morgan fingerprint density at radius 3 is 1.92 bits per heavy atom. The highest BCUT2D eigenvalue weighted by molar-refractivity contribution is 5.23. The lowest BCUT2D eigenvalue weighted by molar-refractivity contribution is -0.146. The van der Waals surface area contributed by atoms with Crippen molar-refractivity contribution in [2.24, 2.45) is 0 Å². The molecule has 0 spiro atoms. The minimum atomic E-state index is -4.14. The van der Waals surface area contributed by atoms with Crippen LogP contribution in [0.2, 0.25) is 0 Å². The minimum Gasteiger partial charge on any atom is -0.348 e. The standard InChI is InChI=1S/C29H44F3N7/c1-4-16-37(18-6-7-19-38(17-5-2)23-29(30,31)32)20-25-8-10-26(11-9-25)21-39(22-27-33-12-13-34-27)24(3)28-35-14-15-36-28/h8-15,24H,4-7,16-23H2,1-3H3,(H,33,34)(H,35,36). The number of H-pyrrole nitrogens is 2. The van der Waals surface area contributed by atoms with Gasteiger partial charge in [0.25, 0.3) is 0 Å². The molecule has 1 unspecified atom stereocenters. The predicted octanol–water partition coefficient (Wildman–Crippen LogP) is 6.16. The molecule has 0 aliphatic heterocycles. The van der Waals surface area contributed by atoms with Gasteiger partial charge in [0.1, 0.15) is 11.6 Å². The Balaban J connectivity index is 1.53. The Kier molecular flexibility index (Phi) is 12.5. The molecule has 0 fully saturated rings. The van der Waals surface area contributed by atoms with Crippen LogP contribution in [0.15, 0.2) is 49.1 Å². The largest absolute Gasteiger partial charge is 0.401 e. The SMILES string of the molecule is CCCN(CCCCN(CCC)CC(F)(F)F)Cc1ccc(CN(Cc2ncc[nH]2)C(C)c2ncc[nH]2)cc1. The van der Waals surface area contributed by atoms with Crippen molar-refractivity contribution in [3.05, 3.63) is 71.8 Å². The molecule has 7 nitrogen and oxygen atoms in total. The first kappa shape index (κ1) is 30.8. The summed E-state index contributed by atoms with van der Waals surface area (Å²) in [5.74, 6) is 1.83. The minimum absolute atomic E-state index is 0.0919. The van der Waals surface area contributed by atoms with E-state index in [4.69, 9.17) is 0 Å². The van der Waals surface area contributed by atoms with Gasteiger partial charge in [0.15, 0.2) is 0 Å². The number of halogens is 3. The second kappa shape index (κ2) is 15.8. The fraction of sp³-hybridized carbons (Fsp3) is 0.586. The van der Waals surface area contributed by atoms with Gasteiger partial charge >= 0.3 is 6.18 Å². The van der Waals surface area contributed by atoms with E-state index >= 15 is 0 Å². The van der Waals surface area contributed by atoms with Crippen LogP contribution < -0.4 is 0 Å². The Labute approximate surface area is 230 Å². The number of rotatable bonds is 18. The average molecular weight is 548 g/mol. The van der Waals surface area contributed by atoms with Gasteiger partial charge in [0, 0.05) is 37.9 Å². The van der Waals surface area contributed by atoms with Gasteiger partial charge in [0.05, 0.1) is 19.1 Å². The van der Waals surface area contributed by atoms with E-state index in [1.807, 2.05) is 19.3 Å². The predicted molar refractivity (Wildman–Crippen MR) is 149 cm³/mol. The Morgan fingerprint density at radius 1 is 0.769 bits per heavy atom. The maximum atomic E-state index is 12.8. The van der Waals surface area contributed by atoms with E-state index in [1.54, 1.807) is 12.4 Å². The smallest absolute Gasteiger partial charge is 0.348 e. The van der Waals surface area contributed by atoms with Crippen LogP contribution in [0.1, 0.15) is 75.3 Å². The molecule has 3 aromatic rings. The lowest BCUT2D eigenvalue weighted by atomic mass is 10.1. The molecule has 1 atom stereocenters. The lowest BCUT2D eigenvalue weighted by Gasteiger charge is -2.27. The van der Waals surface area contributed by atoms with Gasteiger partial charge in [-0.3, -0.25) is 14.7 Å². The highest BCUT2D eigenvalue weighted by atomic mass is 19.4. The van der Waals surface area contributed by atoms with Crippen molar-refractivity contribution in [2.75, 3.05) is 32.7 Å². The second-order valence-corrected chi connectivity index (χ2v) is 10.3. The first-order valence-electron chi connectivity index (χ1n) is 14.1. The van der Waals surface area contributed by atoms with Gasteiger partial charge in [-0.25, -0.2) is 9.97 Å². The number of aromatic amines is 2. The zero-order valence-electron chi connectivity index (χ0n) is 23.6. The van der Waals surface area contributed by atoms with Crippen molar-refractivity contribution in [1.82, 2.24) is 34.6 Å². The van der Waals surface area contributed by atoms with Gasteiger partial charge in [-0.15, -0.1) is 0 Å². The molecule has 0 amide bonds. The second-order valence-electron chi connectivity index (χ2n) is 10.3. The fourth-order valence-corrected chi connectivity index (χ4v) is 4.92. The summed E-state index contributed by atoms with van der Waals surface area (Å²) >= 11 is 0. The number of hydrogen-bond acceptors (Lipinski definition) is 5.